The fourth-order valence-electron chi connectivity index (χ4n) is 3.51. The first-order valence-corrected chi connectivity index (χ1v) is 11.0. The van der Waals surface area contributed by atoms with Crippen LogP contribution in [0.25, 0.3) is 33.1 Å². The highest BCUT2D eigenvalue weighted by Crippen LogP contribution is 2.39. The lowest BCUT2D eigenvalue weighted by atomic mass is 9.99. The number of aryl methyl sites for hydroxylation is 1. The Labute approximate surface area is 167 Å². The lowest BCUT2D eigenvalue weighted by molar-refractivity contribution is 0.320. The van der Waals surface area contributed by atoms with Crippen molar-refractivity contribution in [2.75, 3.05) is 12.4 Å². The summed E-state index contributed by atoms with van der Waals surface area (Å²) in [7, 11) is -0.983. The van der Waals surface area contributed by atoms with Gasteiger partial charge in [0.05, 0.1) is 22.9 Å². The average Bonchev–Trinajstić information content (AvgIpc) is 3.10. The van der Waals surface area contributed by atoms with Gasteiger partial charge in [-0.05, 0) is 60.4 Å². The Hall–Kier alpha value is -2.66. The third kappa shape index (κ3) is 3.31. The number of ether oxygens (including phenoxy) is 1. The van der Waals surface area contributed by atoms with Crippen LogP contribution >= 0.6 is 0 Å². The maximum Gasteiger partial charge on any atom is 0.143 e. The highest BCUT2D eigenvalue weighted by molar-refractivity contribution is 7.85. The van der Waals surface area contributed by atoms with Crippen LogP contribution in [0.4, 0.5) is 0 Å². The van der Waals surface area contributed by atoms with Crippen molar-refractivity contribution >= 4 is 32.7 Å². The van der Waals surface area contributed by atoms with Crippen molar-refractivity contribution in [3.63, 3.8) is 0 Å². The van der Waals surface area contributed by atoms with Crippen LogP contribution in [0.15, 0.2) is 53.6 Å². The van der Waals surface area contributed by atoms with Crippen LogP contribution in [0.2, 0.25) is 0 Å². The predicted molar refractivity (Wildman–Crippen MR) is 117 cm³/mol. The molecule has 4 aromatic rings. The quantitative estimate of drug-likeness (QED) is 0.464. The van der Waals surface area contributed by atoms with Gasteiger partial charge in [0.1, 0.15) is 11.4 Å². The molecule has 1 atom stereocenters. The molecule has 0 saturated heterocycles. The normalized spacial score (nSPS) is 12.5. The highest BCUT2D eigenvalue weighted by atomic mass is 32.2. The molecule has 2 aromatic carbocycles. The Morgan fingerprint density at radius 3 is 2.79 bits per heavy atom. The van der Waals surface area contributed by atoms with E-state index in [0.29, 0.717) is 12.4 Å². The Balaban J connectivity index is 2.00. The molecule has 2 aromatic heterocycles. The smallest absolute Gasteiger partial charge is 0.143 e. The van der Waals surface area contributed by atoms with Gasteiger partial charge in [-0.25, -0.2) is 4.98 Å². The molecule has 0 fully saturated rings. The van der Waals surface area contributed by atoms with Gasteiger partial charge in [-0.3, -0.25) is 4.21 Å². The number of hydrogen-bond donors (Lipinski definition) is 1. The van der Waals surface area contributed by atoms with E-state index >= 15 is 0 Å². The monoisotopic (exact) mass is 392 g/mol. The van der Waals surface area contributed by atoms with E-state index in [4.69, 9.17) is 4.74 Å². The third-order valence-corrected chi connectivity index (χ3v) is 6.14. The van der Waals surface area contributed by atoms with E-state index in [0.717, 1.165) is 55.7 Å². The second kappa shape index (κ2) is 7.76. The number of aromatic amines is 1. The summed E-state index contributed by atoms with van der Waals surface area (Å²) >= 11 is 0. The molecule has 4 nitrogen and oxygen atoms in total. The molecule has 0 aliphatic carbocycles. The lowest BCUT2D eigenvalue weighted by Crippen LogP contribution is -1.96. The Kier molecular flexibility index (Phi) is 5.18. The van der Waals surface area contributed by atoms with E-state index in [2.05, 4.69) is 35.1 Å². The average molecular weight is 393 g/mol. The molecule has 1 N–H and O–H groups in total. The van der Waals surface area contributed by atoms with Crippen molar-refractivity contribution < 1.29 is 8.95 Å². The van der Waals surface area contributed by atoms with Crippen molar-refractivity contribution in [1.29, 1.82) is 0 Å². The molecule has 5 heteroatoms. The van der Waals surface area contributed by atoms with Gasteiger partial charge in [-0.1, -0.05) is 26.0 Å². The number of nitrogens with one attached hydrogen (secondary N) is 1. The first-order valence-electron chi connectivity index (χ1n) is 9.65. The van der Waals surface area contributed by atoms with Crippen LogP contribution in [0.3, 0.4) is 0 Å². The van der Waals surface area contributed by atoms with Crippen molar-refractivity contribution in [3.8, 4) is 16.9 Å². The summed E-state index contributed by atoms with van der Waals surface area (Å²) in [5, 5.41) is 2.17. The summed E-state index contributed by atoms with van der Waals surface area (Å²) in [5.41, 5.74) is 5.06. The Morgan fingerprint density at radius 2 is 2.00 bits per heavy atom. The van der Waals surface area contributed by atoms with E-state index in [1.807, 2.05) is 44.3 Å². The van der Waals surface area contributed by atoms with Gasteiger partial charge in [0.15, 0.2) is 0 Å². The molecule has 0 bridgehead atoms. The minimum Gasteiger partial charge on any atom is -0.491 e. The first kappa shape index (κ1) is 18.7. The zero-order valence-corrected chi connectivity index (χ0v) is 17.2. The Bertz CT molecular complexity index is 1180. The Morgan fingerprint density at radius 1 is 1.14 bits per heavy atom. The summed E-state index contributed by atoms with van der Waals surface area (Å²) in [4.78, 5) is 8.87. The summed E-state index contributed by atoms with van der Waals surface area (Å²) in [5.74, 6) is 1.45. The largest absolute Gasteiger partial charge is 0.491 e. The van der Waals surface area contributed by atoms with Crippen molar-refractivity contribution in [1.82, 2.24) is 9.97 Å². The summed E-state index contributed by atoms with van der Waals surface area (Å²) in [6.07, 6.45) is 2.82. The number of fused-ring (bicyclic) bond motifs is 3. The van der Waals surface area contributed by atoms with Gasteiger partial charge < -0.3 is 9.72 Å². The molecule has 0 spiro atoms. The SMILES string of the molecule is CCCOc1ccc(-c2cccc(S(=O)CC)c2)c2c1[nH]c1ncc(C)cc12. The van der Waals surface area contributed by atoms with Crippen LogP contribution in [0.5, 0.6) is 5.75 Å². The minimum atomic E-state index is -0.983. The fourth-order valence-corrected chi connectivity index (χ4v) is 4.33. The number of nitrogens with zero attached hydrogens (tertiary/aromatic N) is 1. The van der Waals surface area contributed by atoms with E-state index in [9.17, 15) is 4.21 Å². The van der Waals surface area contributed by atoms with Gasteiger partial charge in [0, 0.05) is 27.6 Å². The van der Waals surface area contributed by atoms with E-state index in [1.54, 1.807) is 0 Å². The lowest BCUT2D eigenvalue weighted by Gasteiger charge is -2.11. The van der Waals surface area contributed by atoms with Crippen LogP contribution in [-0.2, 0) is 10.8 Å². The van der Waals surface area contributed by atoms with E-state index in [1.165, 1.54) is 0 Å². The minimum absolute atomic E-state index is 0.610. The van der Waals surface area contributed by atoms with Gasteiger partial charge >= 0.3 is 0 Å². The molecular formula is C23H24N2O2S. The zero-order valence-electron chi connectivity index (χ0n) is 16.4. The molecule has 1 unspecified atom stereocenters. The molecule has 28 heavy (non-hydrogen) atoms. The maximum atomic E-state index is 12.3. The van der Waals surface area contributed by atoms with Crippen molar-refractivity contribution in [2.24, 2.45) is 0 Å². The number of hydrogen-bond acceptors (Lipinski definition) is 3. The highest BCUT2D eigenvalue weighted by Gasteiger charge is 2.16. The standard InChI is InChI=1S/C23H24N2O2S/c1-4-11-27-20-10-9-18(16-7-6-8-17(13-16)28(26)5-2)21-19-12-15(3)14-24-23(19)25-22(20)21/h6-10,12-14H,4-5,11H2,1-3H3,(H,24,25). The molecular weight excluding hydrogens is 368 g/mol. The number of rotatable bonds is 6. The number of benzene rings is 2. The van der Waals surface area contributed by atoms with E-state index < -0.39 is 10.8 Å². The zero-order chi connectivity index (χ0) is 19.7. The predicted octanol–water partition coefficient (Wildman–Crippen LogP) is 5.61. The number of pyridine rings is 1. The topological polar surface area (TPSA) is 55.0 Å². The molecule has 0 aliphatic rings. The van der Waals surface area contributed by atoms with E-state index in [-0.39, 0.29) is 0 Å². The number of H-pyrrole nitrogens is 1. The van der Waals surface area contributed by atoms with Gasteiger partial charge in [0.25, 0.3) is 0 Å². The summed E-state index contributed by atoms with van der Waals surface area (Å²) in [6.45, 7) is 6.75. The fraction of sp³-hybridized carbons (Fsp3) is 0.261. The summed E-state index contributed by atoms with van der Waals surface area (Å²) in [6, 6.07) is 14.3. The van der Waals surface area contributed by atoms with Crippen molar-refractivity contribution in [2.45, 2.75) is 32.1 Å². The molecule has 2 heterocycles. The van der Waals surface area contributed by atoms with Crippen molar-refractivity contribution in [3.05, 3.63) is 54.2 Å². The van der Waals surface area contributed by atoms with Gasteiger partial charge in [-0.15, -0.1) is 0 Å². The molecule has 0 amide bonds. The summed E-state index contributed by atoms with van der Waals surface area (Å²) < 4.78 is 18.3. The second-order valence-corrected chi connectivity index (χ2v) is 8.65. The van der Waals surface area contributed by atoms with Gasteiger partial charge in [0.2, 0.25) is 0 Å². The molecule has 144 valence electrons. The third-order valence-electron chi connectivity index (χ3n) is 4.84. The van der Waals surface area contributed by atoms with Crippen LogP contribution in [0, 0.1) is 6.92 Å². The molecule has 0 saturated carbocycles. The molecule has 0 radical (unpaired) electrons. The van der Waals surface area contributed by atoms with Crippen LogP contribution in [0.1, 0.15) is 25.8 Å². The first-order chi connectivity index (χ1) is 13.6. The second-order valence-electron chi connectivity index (χ2n) is 6.91. The molecule has 4 rings (SSSR count). The van der Waals surface area contributed by atoms with Crippen LogP contribution < -0.4 is 4.74 Å². The van der Waals surface area contributed by atoms with Gasteiger partial charge in [-0.2, -0.15) is 0 Å². The number of aromatic nitrogens is 2. The molecule has 0 aliphatic heterocycles. The van der Waals surface area contributed by atoms with Crippen LogP contribution in [-0.4, -0.2) is 26.5 Å². The maximum absolute atomic E-state index is 12.3.